The maximum Gasteiger partial charge on any atom is 0.435 e. The van der Waals surface area contributed by atoms with E-state index in [9.17, 15) is 35.5 Å². The minimum Gasteiger partial charge on any atom is -0.308 e. The molecule has 0 saturated heterocycles. The summed E-state index contributed by atoms with van der Waals surface area (Å²) in [5.74, 6) is -0.516. The van der Waals surface area contributed by atoms with Crippen LogP contribution in [-0.2, 0) is 18.5 Å². The number of anilines is 1. The van der Waals surface area contributed by atoms with Crippen LogP contribution in [0.4, 0.5) is 36.4 Å². The average Bonchev–Trinajstić information content (AvgIpc) is 3.37. The number of rotatable bonds is 7. The van der Waals surface area contributed by atoms with E-state index in [-0.39, 0.29) is 41.8 Å². The van der Waals surface area contributed by atoms with Crippen molar-refractivity contribution >= 4 is 11.6 Å². The highest BCUT2D eigenvalue weighted by Crippen LogP contribution is 2.54. The van der Waals surface area contributed by atoms with Crippen LogP contribution in [0.25, 0.3) is 5.69 Å². The van der Waals surface area contributed by atoms with Crippen molar-refractivity contribution in [3.05, 3.63) is 71.3 Å². The van der Waals surface area contributed by atoms with Gasteiger partial charge < -0.3 is 4.90 Å². The largest absolute Gasteiger partial charge is 0.435 e. The fourth-order valence-electron chi connectivity index (χ4n) is 3.99. The van der Waals surface area contributed by atoms with Crippen molar-refractivity contribution in [2.45, 2.75) is 51.6 Å². The molecule has 36 heavy (non-hydrogen) atoms. The van der Waals surface area contributed by atoms with Crippen LogP contribution in [0.15, 0.2) is 49.1 Å². The molecule has 0 N–H and O–H groups in total. The number of hydrogen-bond acceptors (Lipinski definition) is 3. The second-order valence-electron chi connectivity index (χ2n) is 7.94. The molecule has 0 saturated carbocycles. The first-order chi connectivity index (χ1) is 16.8. The van der Waals surface area contributed by atoms with Crippen LogP contribution < -0.4 is 4.90 Å². The fraction of sp³-hybridized carbons (Fsp3) is 0.375. The number of aryl methyl sites for hydroxylation is 2. The lowest BCUT2D eigenvalue weighted by molar-refractivity contribution is -0.348. The molecule has 3 rings (SSSR count). The highest BCUT2D eigenvalue weighted by Gasteiger charge is 2.73. The number of nitrogens with zero attached hydrogens (tertiary/aromatic N) is 4. The molecule has 1 amide bonds. The average molecular weight is 516 g/mol. The van der Waals surface area contributed by atoms with E-state index in [2.05, 4.69) is 10.1 Å². The first kappa shape index (κ1) is 27.2. The van der Waals surface area contributed by atoms with E-state index >= 15 is 0 Å². The molecule has 0 fully saturated rings. The van der Waals surface area contributed by atoms with E-state index in [4.69, 9.17) is 0 Å². The lowest BCUT2D eigenvalue weighted by Gasteiger charge is -2.33. The lowest BCUT2D eigenvalue weighted by atomic mass is 9.88. The molecule has 0 aliphatic carbocycles. The monoisotopic (exact) mass is 516 g/mol. The molecule has 0 atom stereocenters. The van der Waals surface area contributed by atoms with Crippen LogP contribution in [0, 0.1) is 0 Å². The summed E-state index contributed by atoms with van der Waals surface area (Å²) in [6.07, 6.45) is -9.72. The Kier molecular flexibility index (Phi) is 7.47. The summed E-state index contributed by atoms with van der Waals surface area (Å²) in [6, 6.07) is 7.38. The van der Waals surface area contributed by atoms with Crippen molar-refractivity contribution in [2.24, 2.45) is 0 Å². The van der Waals surface area contributed by atoms with Crippen LogP contribution in [0.1, 0.15) is 47.8 Å². The van der Waals surface area contributed by atoms with Gasteiger partial charge in [-0.05, 0) is 67.3 Å². The van der Waals surface area contributed by atoms with Gasteiger partial charge in [-0.1, -0.05) is 13.8 Å². The third-order valence-electron chi connectivity index (χ3n) is 5.84. The van der Waals surface area contributed by atoms with Gasteiger partial charge in [-0.15, -0.1) is 0 Å². The number of benzene rings is 2. The Morgan fingerprint density at radius 3 is 1.81 bits per heavy atom. The summed E-state index contributed by atoms with van der Waals surface area (Å²) in [7, 11) is 0. The van der Waals surface area contributed by atoms with E-state index in [0.717, 1.165) is 0 Å². The van der Waals surface area contributed by atoms with Crippen molar-refractivity contribution < 1.29 is 35.5 Å². The fourth-order valence-corrected chi connectivity index (χ4v) is 3.99. The van der Waals surface area contributed by atoms with Crippen LogP contribution in [0.5, 0.6) is 0 Å². The molecule has 1 heterocycles. The zero-order valence-corrected chi connectivity index (χ0v) is 19.6. The van der Waals surface area contributed by atoms with Gasteiger partial charge in [-0.3, -0.25) is 4.79 Å². The number of carbonyl (C=O) groups excluding carboxylic acids is 1. The van der Waals surface area contributed by atoms with Crippen molar-refractivity contribution in [1.29, 1.82) is 0 Å². The first-order valence-electron chi connectivity index (χ1n) is 11.1. The predicted octanol–water partition coefficient (Wildman–Crippen LogP) is 6.35. The zero-order valence-electron chi connectivity index (χ0n) is 19.6. The zero-order chi connectivity index (χ0) is 26.9. The molecule has 194 valence electrons. The summed E-state index contributed by atoms with van der Waals surface area (Å²) in [6.45, 7) is 4.71. The van der Waals surface area contributed by atoms with Crippen LogP contribution in [-0.4, -0.2) is 39.6 Å². The summed E-state index contributed by atoms with van der Waals surface area (Å²) in [4.78, 5) is 18.5. The lowest BCUT2D eigenvalue weighted by Crippen LogP contribution is -2.50. The smallest absolute Gasteiger partial charge is 0.308 e. The number of alkyl halides is 7. The molecule has 12 heteroatoms. The highest BCUT2D eigenvalue weighted by molar-refractivity contribution is 6.07. The molecule has 5 nitrogen and oxygen atoms in total. The van der Waals surface area contributed by atoms with Gasteiger partial charge in [0.15, 0.2) is 0 Å². The molecular formula is C24H23F7N4O. The summed E-state index contributed by atoms with van der Waals surface area (Å²) >= 11 is 0. The number of aromatic nitrogens is 3. The van der Waals surface area contributed by atoms with Crippen molar-refractivity contribution in [3.8, 4) is 5.69 Å². The van der Waals surface area contributed by atoms with E-state index in [1.807, 2.05) is 0 Å². The van der Waals surface area contributed by atoms with Gasteiger partial charge >= 0.3 is 18.0 Å². The van der Waals surface area contributed by atoms with E-state index in [1.54, 1.807) is 19.1 Å². The Morgan fingerprint density at radius 1 is 0.889 bits per heavy atom. The maximum absolute atomic E-state index is 14.8. The van der Waals surface area contributed by atoms with Crippen molar-refractivity contribution in [2.75, 3.05) is 11.4 Å². The van der Waals surface area contributed by atoms with Gasteiger partial charge in [0, 0.05) is 17.7 Å². The van der Waals surface area contributed by atoms with E-state index < -0.39 is 29.5 Å². The van der Waals surface area contributed by atoms with Crippen molar-refractivity contribution in [1.82, 2.24) is 14.8 Å². The van der Waals surface area contributed by atoms with Gasteiger partial charge in [-0.2, -0.15) is 31.4 Å². The third-order valence-corrected chi connectivity index (χ3v) is 5.84. The standard InChI is InChI=1S/C24H23F7N4O/c1-4-15-11-18(22(25,23(26,27)28)24(29,30)31)12-16(5-2)20(15)34(6-3)21(36)17-7-9-19(10-8-17)35-14-32-13-33-35/h7-14H,4-6H2,1-3H3. The van der Waals surface area contributed by atoms with Gasteiger partial charge in [-0.25, -0.2) is 14.1 Å². The third kappa shape index (κ3) is 4.68. The number of halogens is 7. The van der Waals surface area contributed by atoms with Crippen LogP contribution >= 0.6 is 0 Å². The SMILES string of the molecule is CCc1cc(C(F)(C(F)(F)F)C(F)(F)F)cc(CC)c1N(CC)C(=O)c1ccc(-n2cncn2)cc1. The molecular weight excluding hydrogens is 493 g/mol. The summed E-state index contributed by atoms with van der Waals surface area (Å²) < 4.78 is 96.7. The molecule has 2 aromatic carbocycles. The molecule has 3 aromatic rings. The van der Waals surface area contributed by atoms with Crippen molar-refractivity contribution in [3.63, 3.8) is 0 Å². The molecule has 1 aromatic heterocycles. The second kappa shape index (κ2) is 9.90. The topological polar surface area (TPSA) is 51.0 Å². The van der Waals surface area contributed by atoms with Gasteiger partial charge in [0.25, 0.3) is 5.91 Å². The van der Waals surface area contributed by atoms with E-state index in [0.29, 0.717) is 17.8 Å². The molecule has 0 aliphatic heterocycles. The Labute approximate surface area is 202 Å². The molecule has 0 unspecified atom stereocenters. The Morgan fingerprint density at radius 2 is 1.42 bits per heavy atom. The highest BCUT2D eigenvalue weighted by atomic mass is 19.4. The van der Waals surface area contributed by atoms with Gasteiger partial charge in [0.1, 0.15) is 12.7 Å². The normalized spacial score (nSPS) is 12.6. The first-order valence-corrected chi connectivity index (χ1v) is 11.1. The predicted molar refractivity (Wildman–Crippen MR) is 119 cm³/mol. The molecule has 0 bridgehead atoms. The molecule has 0 aliphatic rings. The number of amides is 1. The molecule has 0 radical (unpaired) electrons. The quantitative estimate of drug-likeness (QED) is 0.344. The summed E-state index contributed by atoms with van der Waals surface area (Å²) in [5, 5.41) is 3.99. The minimum absolute atomic E-state index is 0.00527. The Hall–Kier alpha value is -3.44. The summed E-state index contributed by atoms with van der Waals surface area (Å²) in [5.41, 5.74) is -6.09. The maximum atomic E-state index is 14.8. The van der Waals surface area contributed by atoms with E-state index in [1.165, 1.54) is 48.2 Å². The number of hydrogen-bond donors (Lipinski definition) is 0. The second-order valence-corrected chi connectivity index (χ2v) is 7.94. The van der Waals surface area contributed by atoms with Gasteiger partial charge in [0.05, 0.1) is 11.4 Å². The van der Waals surface area contributed by atoms with Gasteiger partial charge in [0.2, 0.25) is 0 Å². The molecule has 0 spiro atoms. The van der Waals surface area contributed by atoms with Crippen LogP contribution in [0.2, 0.25) is 0 Å². The number of carbonyl (C=O) groups is 1. The Balaban J connectivity index is 2.11. The Bertz CT molecular complexity index is 1160. The minimum atomic E-state index is -6.23. The van der Waals surface area contributed by atoms with Crippen LogP contribution in [0.3, 0.4) is 0 Å².